The summed E-state index contributed by atoms with van der Waals surface area (Å²) in [7, 11) is -3.28. The molecule has 5 heteroatoms. The summed E-state index contributed by atoms with van der Waals surface area (Å²) in [6.45, 7) is 2.48. The third-order valence-corrected chi connectivity index (χ3v) is 7.19. The predicted molar refractivity (Wildman–Crippen MR) is 34.3 cm³/mol. The molecule has 0 saturated carbocycles. The smallest absolute Gasteiger partial charge is 0.198 e. The Balaban J connectivity index is 4.84. The van der Waals surface area contributed by atoms with Crippen molar-refractivity contribution in [3.05, 3.63) is 0 Å². The zero-order valence-electron chi connectivity index (χ0n) is 5.08. The average molecular weight is 156 g/mol. The molecule has 0 spiro atoms. The second-order valence-corrected chi connectivity index (χ2v) is 10.6. The highest BCUT2D eigenvalue weighted by molar-refractivity contribution is 8.51. The van der Waals surface area contributed by atoms with Crippen LogP contribution in [0.3, 0.4) is 0 Å². The van der Waals surface area contributed by atoms with Crippen LogP contribution in [0.1, 0.15) is 0 Å². The molecule has 0 amide bonds. The lowest BCUT2D eigenvalue weighted by Crippen LogP contribution is -1.93. The summed E-state index contributed by atoms with van der Waals surface area (Å²) >= 11 is 0. The molecule has 0 bridgehead atoms. The Labute approximate surface area is 49.1 Å². The van der Waals surface area contributed by atoms with Crippen molar-refractivity contribution >= 4 is 15.8 Å². The molecule has 0 aliphatic carbocycles. The molecular weight excluding hydrogens is 147 g/mol. The van der Waals surface area contributed by atoms with Crippen molar-refractivity contribution in [2.75, 3.05) is 19.6 Å². The molecule has 0 atom stereocenters. The van der Waals surface area contributed by atoms with E-state index in [1.807, 2.05) is 0 Å². The minimum atomic E-state index is -3.28. The molecular formula is C3H9O3PS. The van der Waals surface area contributed by atoms with Crippen LogP contribution in [0.5, 0.6) is 0 Å². The summed E-state index contributed by atoms with van der Waals surface area (Å²) in [6.07, 6.45) is -1.90. The summed E-state index contributed by atoms with van der Waals surface area (Å²) in [5.41, 5.74) is 0. The third kappa shape index (κ3) is 1.97. The molecule has 0 fully saturated rings. The molecule has 50 valence electrons. The average Bonchev–Trinajstić information content (AvgIpc) is 1.25. The van der Waals surface area contributed by atoms with Crippen molar-refractivity contribution in [1.29, 1.82) is 0 Å². The summed E-state index contributed by atoms with van der Waals surface area (Å²) in [5.74, 6) is 0. The maximum absolute atomic E-state index is 10.6. The normalized spacial score (nSPS) is 13.9. The van der Waals surface area contributed by atoms with Gasteiger partial charge < -0.3 is 4.57 Å². The first-order chi connectivity index (χ1) is 3.25. The topological polar surface area (TPSA) is 51.2 Å². The van der Waals surface area contributed by atoms with Gasteiger partial charge in [-0.2, -0.15) is 0 Å². The van der Waals surface area contributed by atoms with E-state index in [2.05, 4.69) is 0 Å². The summed E-state index contributed by atoms with van der Waals surface area (Å²) < 4.78 is 31.4. The lowest BCUT2D eigenvalue weighted by Gasteiger charge is -1.99. The zero-order chi connectivity index (χ0) is 7.00. The van der Waals surface area contributed by atoms with Crippen molar-refractivity contribution < 1.29 is 13.0 Å². The van der Waals surface area contributed by atoms with Gasteiger partial charge in [0, 0.05) is 19.6 Å². The zero-order valence-corrected chi connectivity index (χ0v) is 6.79. The molecule has 0 aliphatic rings. The van der Waals surface area contributed by atoms with E-state index < -0.39 is 15.8 Å². The standard InChI is InChI=1S/C3H9O3PS/c1-7(2,4)8(3,5)6/h1-3H3. The molecule has 8 heavy (non-hydrogen) atoms. The van der Waals surface area contributed by atoms with Gasteiger partial charge in [0.25, 0.3) is 0 Å². The van der Waals surface area contributed by atoms with Crippen molar-refractivity contribution in [3.8, 4) is 0 Å². The number of hydrogen-bond acceptors (Lipinski definition) is 3. The first kappa shape index (κ1) is 8.18. The lowest BCUT2D eigenvalue weighted by atomic mass is 11.9. The highest BCUT2D eigenvalue weighted by atomic mass is 32.8. The Hall–Kier alpha value is 0.180. The van der Waals surface area contributed by atoms with Crippen molar-refractivity contribution in [2.24, 2.45) is 0 Å². The molecule has 0 aromatic carbocycles. The third-order valence-electron chi connectivity index (χ3n) is 0.799. The monoisotopic (exact) mass is 156 g/mol. The summed E-state index contributed by atoms with van der Waals surface area (Å²) in [4.78, 5) is 0. The fourth-order valence-corrected chi connectivity index (χ4v) is 0. The summed E-state index contributed by atoms with van der Waals surface area (Å²) in [5, 5.41) is 0. The predicted octanol–water partition coefficient (Wildman–Crippen LogP) is 0.569. The molecule has 0 aromatic rings. The Morgan fingerprint density at radius 3 is 1.38 bits per heavy atom. The van der Waals surface area contributed by atoms with Crippen LogP contribution >= 0.6 is 6.34 Å². The van der Waals surface area contributed by atoms with E-state index in [0.717, 1.165) is 6.26 Å². The molecule has 0 N–H and O–H groups in total. The van der Waals surface area contributed by atoms with E-state index in [1.165, 1.54) is 13.3 Å². The van der Waals surface area contributed by atoms with Crippen molar-refractivity contribution in [3.63, 3.8) is 0 Å². The van der Waals surface area contributed by atoms with Gasteiger partial charge >= 0.3 is 0 Å². The maximum atomic E-state index is 10.6. The van der Waals surface area contributed by atoms with Crippen LogP contribution in [0.15, 0.2) is 0 Å². The highest BCUT2D eigenvalue weighted by Crippen LogP contribution is 2.42. The van der Waals surface area contributed by atoms with Crippen LogP contribution in [-0.4, -0.2) is 28.0 Å². The van der Waals surface area contributed by atoms with Crippen molar-refractivity contribution in [2.45, 2.75) is 0 Å². The van der Waals surface area contributed by atoms with E-state index in [0.29, 0.717) is 0 Å². The minimum absolute atomic E-state index is 0.980. The molecule has 0 saturated heterocycles. The highest BCUT2D eigenvalue weighted by Gasteiger charge is 2.20. The Bertz CT molecular complexity index is 209. The van der Waals surface area contributed by atoms with Gasteiger partial charge in [0.1, 0.15) is 0 Å². The van der Waals surface area contributed by atoms with Crippen LogP contribution in [0, 0.1) is 0 Å². The van der Waals surface area contributed by atoms with Crippen LogP contribution < -0.4 is 0 Å². The van der Waals surface area contributed by atoms with Gasteiger partial charge in [0.05, 0.1) is 0 Å². The molecule has 0 heterocycles. The molecule has 3 nitrogen and oxygen atoms in total. The first-order valence-electron chi connectivity index (χ1n) is 2.00. The lowest BCUT2D eigenvalue weighted by molar-refractivity contribution is 0.578. The minimum Gasteiger partial charge on any atom is -0.307 e. The maximum Gasteiger partial charge on any atom is 0.198 e. The van der Waals surface area contributed by atoms with Crippen molar-refractivity contribution in [1.82, 2.24) is 0 Å². The van der Waals surface area contributed by atoms with Gasteiger partial charge in [-0.25, -0.2) is 8.42 Å². The fraction of sp³-hybridized carbons (Fsp3) is 1.00. The van der Waals surface area contributed by atoms with Crippen LogP contribution in [-0.2, 0) is 14.0 Å². The van der Waals surface area contributed by atoms with Crippen LogP contribution in [0.25, 0.3) is 0 Å². The molecule has 0 unspecified atom stereocenters. The van der Waals surface area contributed by atoms with E-state index in [4.69, 9.17) is 0 Å². The molecule has 0 aliphatic heterocycles. The van der Waals surface area contributed by atoms with Gasteiger partial charge in [-0.3, -0.25) is 0 Å². The second-order valence-electron chi connectivity index (χ2n) is 1.99. The molecule has 0 rings (SSSR count). The number of hydrogen-bond donors (Lipinski definition) is 0. The Morgan fingerprint density at radius 1 is 1.25 bits per heavy atom. The van der Waals surface area contributed by atoms with Gasteiger partial charge in [0.15, 0.2) is 15.8 Å². The van der Waals surface area contributed by atoms with E-state index in [-0.39, 0.29) is 0 Å². The van der Waals surface area contributed by atoms with E-state index in [1.54, 1.807) is 0 Å². The first-order valence-corrected chi connectivity index (χ1v) is 7.10. The van der Waals surface area contributed by atoms with Gasteiger partial charge in [-0.15, -0.1) is 0 Å². The number of rotatable bonds is 1. The molecule has 0 aromatic heterocycles. The summed E-state index contributed by atoms with van der Waals surface area (Å²) in [6, 6.07) is 0. The fourth-order valence-electron chi connectivity index (χ4n) is 0. The van der Waals surface area contributed by atoms with Gasteiger partial charge in [-0.05, 0) is 0 Å². The SMILES string of the molecule is CP(C)(=O)S(C)(=O)=O. The quantitative estimate of drug-likeness (QED) is 0.521. The van der Waals surface area contributed by atoms with E-state index in [9.17, 15) is 13.0 Å². The van der Waals surface area contributed by atoms with E-state index >= 15 is 0 Å². The Kier molecular flexibility index (Phi) is 1.89. The van der Waals surface area contributed by atoms with Gasteiger partial charge in [0.2, 0.25) is 0 Å². The molecule has 0 radical (unpaired) electrons. The largest absolute Gasteiger partial charge is 0.307 e. The van der Waals surface area contributed by atoms with Crippen LogP contribution in [0.4, 0.5) is 0 Å². The van der Waals surface area contributed by atoms with Gasteiger partial charge in [-0.1, -0.05) is 0 Å². The van der Waals surface area contributed by atoms with Crippen LogP contribution in [0.2, 0.25) is 0 Å². The Morgan fingerprint density at radius 2 is 1.38 bits per heavy atom. The second kappa shape index (κ2) is 1.85.